The third kappa shape index (κ3) is 12.6. The van der Waals surface area contributed by atoms with E-state index in [1.165, 1.54) is 16.0 Å². The number of aliphatic imine (C=N–C) groups is 2. The highest BCUT2D eigenvalue weighted by Crippen LogP contribution is 2.51. The molecule has 416 valence electrons. The minimum Gasteiger partial charge on any atom is -0.497 e. The van der Waals surface area contributed by atoms with Crippen molar-refractivity contribution < 1.29 is 47.1 Å². The molecule has 18 nitrogen and oxygen atoms in total. The van der Waals surface area contributed by atoms with Crippen LogP contribution in [0.25, 0.3) is 0 Å². The van der Waals surface area contributed by atoms with Crippen molar-refractivity contribution in [2.75, 3.05) is 47.6 Å². The third-order valence-electron chi connectivity index (χ3n) is 15.0. The minimum absolute atomic E-state index is 0.0151. The van der Waals surface area contributed by atoms with Crippen LogP contribution in [0, 0.1) is 17.2 Å². The molecular formula is C60H71N8O10P. The molecule has 9 atom stereocenters. The lowest BCUT2D eigenvalue weighted by Crippen LogP contribution is -2.57. The summed E-state index contributed by atoms with van der Waals surface area (Å²) in [6.45, 7) is 9.01. The first-order chi connectivity index (χ1) is 38.3. The number of carbonyl (C=O) groups is 3. The SMILES string of the molecule is COc1ccc(C(OC[C@H]2O[C@@H](N3C=NC4C(=O)NC(NC(=O)CCCN(C)C(=O)OCC5c6ccccc6C6C=CC=CC65)=NC43)CC2OP(OCCC#N)N(C(C)C)C(C)C)(c2ccccc2)c2ccc(OC)cc2)cc1. The van der Waals surface area contributed by atoms with Crippen molar-refractivity contribution in [2.24, 2.45) is 15.9 Å². The molecule has 2 N–H and O–H groups in total. The van der Waals surface area contributed by atoms with E-state index in [4.69, 9.17) is 37.7 Å². The molecule has 0 radical (unpaired) electrons. The van der Waals surface area contributed by atoms with Gasteiger partial charge in [0.25, 0.3) is 14.4 Å². The molecule has 3 heterocycles. The number of hydrogen-bond donors (Lipinski definition) is 2. The summed E-state index contributed by atoms with van der Waals surface area (Å²) in [4.78, 5) is 53.1. The highest BCUT2D eigenvalue weighted by molar-refractivity contribution is 7.44. The molecule has 0 spiro atoms. The second-order valence-electron chi connectivity index (χ2n) is 20.7. The number of nitrogens with one attached hydrogen (secondary N) is 2. The van der Waals surface area contributed by atoms with E-state index in [1.54, 1.807) is 32.5 Å². The molecule has 0 bridgehead atoms. The molecule has 3 aliphatic heterocycles. The van der Waals surface area contributed by atoms with Crippen LogP contribution in [-0.2, 0) is 38.4 Å². The van der Waals surface area contributed by atoms with Gasteiger partial charge >= 0.3 is 6.09 Å². The van der Waals surface area contributed by atoms with Crippen molar-refractivity contribution in [2.45, 2.75) is 114 Å². The summed E-state index contributed by atoms with van der Waals surface area (Å²) >= 11 is 0. The molecule has 7 unspecified atom stereocenters. The quantitative estimate of drug-likeness (QED) is 0.0406. The van der Waals surface area contributed by atoms with E-state index in [-0.39, 0.29) is 81.4 Å². The van der Waals surface area contributed by atoms with Gasteiger partial charge in [-0.3, -0.25) is 25.2 Å². The van der Waals surface area contributed by atoms with E-state index >= 15 is 0 Å². The van der Waals surface area contributed by atoms with Crippen LogP contribution in [0.3, 0.4) is 0 Å². The zero-order valence-electron chi connectivity index (χ0n) is 45.8. The van der Waals surface area contributed by atoms with E-state index < -0.39 is 62.7 Å². The first kappa shape index (κ1) is 56.7. The number of hydrogen-bond acceptors (Lipinski definition) is 15. The topological polar surface area (TPSA) is 198 Å². The van der Waals surface area contributed by atoms with Crippen LogP contribution < -0.4 is 20.1 Å². The third-order valence-corrected chi connectivity index (χ3v) is 17.2. The number of fused-ring (bicyclic) bond motifs is 4. The summed E-state index contributed by atoms with van der Waals surface area (Å²) in [6, 6.07) is 35.2. The number of ether oxygens (including phenoxy) is 5. The van der Waals surface area contributed by atoms with Gasteiger partial charge in [0, 0.05) is 50.4 Å². The number of benzene rings is 4. The lowest BCUT2D eigenvalue weighted by molar-refractivity contribution is -0.124. The number of rotatable bonds is 23. The Morgan fingerprint density at radius 2 is 1.53 bits per heavy atom. The van der Waals surface area contributed by atoms with Gasteiger partial charge in [-0.2, -0.15) is 5.26 Å². The van der Waals surface area contributed by atoms with Crippen LogP contribution in [0.15, 0.2) is 137 Å². The van der Waals surface area contributed by atoms with E-state index in [0.29, 0.717) is 17.9 Å². The molecule has 0 aromatic heterocycles. The summed E-state index contributed by atoms with van der Waals surface area (Å²) in [5.41, 5.74) is 3.80. The molecule has 4 aromatic rings. The Hall–Kier alpha value is -6.97. The van der Waals surface area contributed by atoms with Crippen molar-refractivity contribution >= 4 is 38.7 Å². The number of nitrogens with zero attached hydrogens (tertiary/aromatic N) is 6. The summed E-state index contributed by atoms with van der Waals surface area (Å²) in [5, 5.41) is 15.0. The molecule has 3 amide bonds. The molecule has 79 heavy (non-hydrogen) atoms. The van der Waals surface area contributed by atoms with Gasteiger partial charge < -0.3 is 42.5 Å². The Labute approximate surface area is 464 Å². The van der Waals surface area contributed by atoms with E-state index in [0.717, 1.165) is 16.7 Å². The number of nitriles is 1. The smallest absolute Gasteiger partial charge is 0.409 e. The average molecular weight is 1100 g/mol. The molecule has 2 aliphatic carbocycles. The van der Waals surface area contributed by atoms with Crippen molar-refractivity contribution in [1.29, 1.82) is 5.26 Å². The largest absolute Gasteiger partial charge is 0.497 e. The average Bonchev–Trinajstić information content (AvgIpc) is 4.39. The van der Waals surface area contributed by atoms with Gasteiger partial charge in [-0.05, 0) is 92.1 Å². The molecule has 5 aliphatic rings. The fourth-order valence-electron chi connectivity index (χ4n) is 11.2. The summed E-state index contributed by atoms with van der Waals surface area (Å²) < 4.78 is 47.2. The summed E-state index contributed by atoms with van der Waals surface area (Å²) in [5.74, 6) is 1.04. The lowest BCUT2D eigenvalue weighted by atomic mass is 9.80. The van der Waals surface area contributed by atoms with Gasteiger partial charge in [-0.1, -0.05) is 103 Å². The standard InChI is InChI=1S/C60H71N8O10P/c1-39(2)68(40(3)4)79(76-34-16-32-61)78-51-35-54(77-52(51)37-75-60(41-17-9-8-10-18-41,42-24-28-44(72-6)29-25-42)43-26-30-45(73-7)31-27-43)67-38-62-55-56(67)64-58(65-57(55)70)63-53(69)23-15-33-66(5)59(71)74-36-50-48-21-13-11-19-46(48)47-20-12-14-22-49(47)50/h8-14,17-22,24-31,38-40,46,48,50-52,54-56H,15-16,23,33-37H2,1-7H3,(H2,63,64,65,69,70)/t46?,48?,50?,51?,52-,54-,55?,56?,79?/m1/s1. The maximum Gasteiger partial charge on any atom is 0.409 e. The first-order valence-electron chi connectivity index (χ1n) is 27.0. The van der Waals surface area contributed by atoms with Crippen LogP contribution in [-0.4, -0.2) is 135 Å². The first-order valence-corrected chi connectivity index (χ1v) is 28.2. The zero-order chi connectivity index (χ0) is 55.6. The van der Waals surface area contributed by atoms with Gasteiger partial charge in [0.15, 0.2) is 12.2 Å². The number of carbonyl (C=O) groups excluding carboxylic acids is 3. The number of amides is 3. The predicted molar refractivity (Wildman–Crippen MR) is 300 cm³/mol. The minimum atomic E-state index is -1.74. The Kier molecular flexibility index (Phi) is 18.6. The molecule has 0 saturated carbocycles. The second-order valence-corrected chi connectivity index (χ2v) is 22.1. The Morgan fingerprint density at radius 1 is 0.886 bits per heavy atom. The van der Waals surface area contributed by atoms with Crippen LogP contribution in [0.4, 0.5) is 4.79 Å². The molecule has 4 aromatic carbocycles. The fourth-order valence-corrected chi connectivity index (χ4v) is 13.0. The molecule has 1 saturated heterocycles. The highest BCUT2D eigenvalue weighted by atomic mass is 31.2. The molecule has 1 fully saturated rings. The van der Waals surface area contributed by atoms with E-state index in [9.17, 15) is 19.6 Å². The van der Waals surface area contributed by atoms with Gasteiger partial charge in [-0.25, -0.2) is 14.5 Å². The Balaban J connectivity index is 0.916. The Morgan fingerprint density at radius 3 is 2.19 bits per heavy atom. The van der Waals surface area contributed by atoms with Crippen molar-refractivity contribution in [3.8, 4) is 17.6 Å². The van der Waals surface area contributed by atoms with Crippen LogP contribution in [0.1, 0.15) is 93.0 Å². The predicted octanol–water partition coefficient (Wildman–Crippen LogP) is 8.90. The van der Waals surface area contributed by atoms with Gasteiger partial charge in [-0.15, -0.1) is 0 Å². The van der Waals surface area contributed by atoms with Crippen molar-refractivity contribution in [3.05, 3.63) is 155 Å². The van der Waals surface area contributed by atoms with E-state index in [1.807, 2.05) is 91.0 Å². The lowest BCUT2D eigenvalue weighted by Gasteiger charge is -2.39. The molecule has 19 heteroatoms. The van der Waals surface area contributed by atoms with Crippen LogP contribution in [0.2, 0.25) is 0 Å². The van der Waals surface area contributed by atoms with E-state index in [2.05, 4.69) is 90.5 Å². The normalized spacial score (nSPS) is 23.2. The maximum atomic E-state index is 13.7. The number of methoxy groups -OCH3 is 2. The fraction of sp³-hybridized carbons (Fsp3) is 0.433. The summed E-state index contributed by atoms with van der Waals surface area (Å²) in [6.07, 6.45) is 7.51. The van der Waals surface area contributed by atoms with Crippen molar-refractivity contribution in [1.82, 2.24) is 25.1 Å². The molecule has 9 rings (SSSR count). The van der Waals surface area contributed by atoms with Gasteiger partial charge in [0.05, 0.1) is 52.4 Å². The highest BCUT2D eigenvalue weighted by Gasteiger charge is 2.50. The summed E-state index contributed by atoms with van der Waals surface area (Å²) in [7, 11) is 3.17. The maximum absolute atomic E-state index is 13.7. The van der Waals surface area contributed by atoms with Crippen molar-refractivity contribution in [3.63, 3.8) is 0 Å². The van der Waals surface area contributed by atoms with Crippen LogP contribution >= 0.6 is 8.53 Å². The second kappa shape index (κ2) is 25.9. The number of guanidine groups is 1. The molecular weight excluding hydrogens is 1020 g/mol. The van der Waals surface area contributed by atoms with Crippen LogP contribution in [0.5, 0.6) is 11.5 Å². The number of allylic oxidation sites excluding steroid dienone is 4. The Bertz CT molecular complexity index is 2860. The van der Waals surface area contributed by atoms with Gasteiger partial charge in [0.2, 0.25) is 11.9 Å². The van der Waals surface area contributed by atoms with Gasteiger partial charge in [0.1, 0.15) is 36.0 Å². The zero-order valence-corrected chi connectivity index (χ0v) is 46.7. The monoisotopic (exact) mass is 1090 g/mol.